The van der Waals surface area contributed by atoms with Crippen LogP contribution in [-0.2, 0) is 17.8 Å². The van der Waals surface area contributed by atoms with E-state index in [-0.39, 0.29) is 36.1 Å². The largest absolute Gasteiger partial charge is 0.488 e. The van der Waals surface area contributed by atoms with Crippen LogP contribution in [0.4, 0.5) is 0 Å². The van der Waals surface area contributed by atoms with Crippen LogP contribution < -0.4 is 4.74 Å². The average molecular weight is 641 g/mol. The van der Waals surface area contributed by atoms with Gasteiger partial charge in [-0.25, -0.2) is 4.68 Å². The Balaban J connectivity index is 1.07. The number of aromatic nitrogens is 3. The molecule has 0 saturated carbocycles. The molecule has 10 heteroatoms. The number of ether oxygens (including phenoxy) is 1. The van der Waals surface area contributed by atoms with E-state index in [4.69, 9.17) is 4.74 Å². The average Bonchev–Trinajstić information content (AvgIpc) is 3.33. The second kappa shape index (κ2) is 11.1. The summed E-state index contributed by atoms with van der Waals surface area (Å²) >= 11 is 3.45. The number of carbonyl (C=O) groups is 3. The predicted molar refractivity (Wildman–Crippen MR) is 162 cm³/mol. The topological polar surface area (TPSA) is 97.6 Å². The Morgan fingerprint density at radius 3 is 2.49 bits per heavy atom. The molecule has 2 fully saturated rings. The van der Waals surface area contributed by atoms with Crippen LogP contribution in [0.5, 0.6) is 5.75 Å². The van der Waals surface area contributed by atoms with E-state index < -0.39 is 0 Å². The summed E-state index contributed by atoms with van der Waals surface area (Å²) in [6.45, 7) is 3.10. The maximum atomic E-state index is 13.8. The van der Waals surface area contributed by atoms with Crippen molar-refractivity contribution in [3.63, 3.8) is 0 Å². The summed E-state index contributed by atoms with van der Waals surface area (Å²) in [5.41, 5.74) is 4.59. The second-order valence-corrected chi connectivity index (χ2v) is 12.4. The summed E-state index contributed by atoms with van der Waals surface area (Å²) in [6.07, 6.45) is 2.88. The molecule has 218 valence electrons. The fourth-order valence-electron chi connectivity index (χ4n) is 6.61. The molecule has 7 rings (SSSR count). The van der Waals surface area contributed by atoms with E-state index in [9.17, 15) is 14.4 Å². The lowest BCUT2D eigenvalue weighted by Gasteiger charge is -2.50. The molecule has 1 aromatic heterocycles. The first-order chi connectivity index (χ1) is 20.9. The van der Waals surface area contributed by atoms with Gasteiger partial charge in [0.1, 0.15) is 12.4 Å². The highest BCUT2D eigenvalue weighted by molar-refractivity contribution is 9.10. The van der Waals surface area contributed by atoms with Gasteiger partial charge in [0.15, 0.2) is 11.5 Å². The number of likely N-dealkylation sites (tertiary alicyclic amines) is 1. The van der Waals surface area contributed by atoms with Crippen molar-refractivity contribution < 1.29 is 19.1 Å². The van der Waals surface area contributed by atoms with Crippen LogP contribution in [0, 0.1) is 6.92 Å². The Morgan fingerprint density at radius 1 is 0.977 bits per heavy atom. The first-order valence-corrected chi connectivity index (χ1v) is 15.3. The number of rotatable bonds is 4. The molecule has 2 saturated heterocycles. The molecule has 4 aromatic rings. The number of hydrogen-bond acceptors (Lipinski definition) is 6. The lowest BCUT2D eigenvalue weighted by Crippen LogP contribution is -2.63. The molecule has 0 N–H and O–H groups in total. The number of piperidine rings is 1. The summed E-state index contributed by atoms with van der Waals surface area (Å²) in [5.74, 6) is 0.304. The third kappa shape index (κ3) is 5.03. The van der Waals surface area contributed by atoms with Crippen LogP contribution in [0.1, 0.15) is 62.5 Å². The van der Waals surface area contributed by atoms with Crippen molar-refractivity contribution in [3.8, 4) is 11.4 Å². The molecular formula is C33H30BrN5O4. The zero-order valence-corrected chi connectivity index (χ0v) is 25.3. The lowest BCUT2D eigenvalue weighted by molar-refractivity contribution is -0.141. The lowest BCUT2D eigenvalue weighted by atomic mass is 9.90. The van der Waals surface area contributed by atoms with Crippen molar-refractivity contribution >= 4 is 33.5 Å². The van der Waals surface area contributed by atoms with Gasteiger partial charge in [0.25, 0.3) is 5.91 Å². The number of piperazine rings is 1. The molecule has 2 amide bonds. The van der Waals surface area contributed by atoms with E-state index in [2.05, 4.69) is 26.2 Å². The molecule has 4 heterocycles. The zero-order valence-electron chi connectivity index (χ0n) is 23.7. The summed E-state index contributed by atoms with van der Waals surface area (Å²) in [6, 6.07) is 20.5. The highest BCUT2D eigenvalue weighted by Crippen LogP contribution is 2.32. The molecule has 3 aliphatic rings. The second-order valence-electron chi connectivity index (χ2n) is 11.4. The third-order valence-electron chi connectivity index (χ3n) is 8.76. The van der Waals surface area contributed by atoms with E-state index in [0.29, 0.717) is 48.0 Å². The quantitative estimate of drug-likeness (QED) is 0.315. The number of ketones is 1. The van der Waals surface area contributed by atoms with Crippen LogP contribution in [0.3, 0.4) is 0 Å². The Morgan fingerprint density at radius 2 is 1.72 bits per heavy atom. The Labute approximate surface area is 257 Å². The van der Waals surface area contributed by atoms with Crippen LogP contribution in [0.2, 0.25) is 0 Å². The van der Waals surface area contributed by atoms with Crippen molar-refractivity contribution in [2.75, 3.05) is 13.1 Å². The highest BCUT2D eigenvalue weighted by Gasteiger charge is 2.42. The van der Waals surface area contributed by atoms with E-state index >= 15 is 0 Å². The summed E-state index contributed by atoms with van der Waals surface area (Å²) < 4.78 is 8.56. The minimum atomic E-state index is -0.158. The van der Waals surface area contributed by atoms with Crippen LogP contribution in [-0.4, -0.2) is 67.6 Å². The molecule has 2 unspecified atom stereocenters. The van der Waals surface area contributed by atoms with Crippen molar-refractivity contribution in [1.82, 2.24) is 24.8 Å². The number of amides is 2. The standard InChI is InChI=1S/C33H30BrN5O4/c1-20-31(35-36-39(20)24-12-10-23(34)11-13-24)33(42)37-17-25-6-4-7-26(18-37)38(25)30(40)16-21-9-14-29-28(15-21)32(41)27-8-3-2-5-22(27)19-43-29/h2-3,5,8-15,25-26H,4,6-7,16-19H2,1H3. The SMILES string of the molecule is Cc1c(C(=O)N2CC3CCCC(C2)N3C(=O)Cc2ccc3c(c2)C(=O)c2ccccc2CO3)nnn1-c1ccc(Br)cc1. The maximum absolute atomic E-state index is 13.8. The minimum Gasteiger partial charge on any atom is -0.488 e. The van der Waals surface area contributed by atoms with Crippen molar-refractivity contribution in [1.29, 1.82) is 0 Å². The first kappa shape index (κ1) is 27.5. The molecule has 2 bridgehead atoms. The van der Waals surface area contributed by atoms with Crippen LogP contribution in [0.15, 0.2) is 71.2 Å². The number of hydrogen-bond donors (Lipinski definition) is 0. The smallest absolute Gasteiger partial charge is 0.276 e. The van der Waals surface area contributed by atoms with Gasteiger partial charge < -0.3 is 14.5 Å². The van der Waals surface area contributed by atoms with Gasteiger partial charge in [0.05, 0.1) is 23.4 Å². The van der Waals surface area contributed by atoms with Crippen molar-refractivity contribution in [3.05, 3.63) is 105 Å². The number of fused-ring (bicyclic) bond motifs is 4. The van der Waals surface area contributed by atoms with E-state index in [1.54, 1.807) is 16.8 Å². The molecule has 0 aliphatic carbocycles. The van der Waals surface area contributed by atoms with E-state index in [1.807, 2.05) is 71.3 Å². The number of carbonyl (C=O) groups excluding carboxylic acids is 3. The first-order valence-electron chi connectivity index (χ1n) is 14.5. The summed E-state index contributed by atoms with van der Waals surface area (Å²) in [4.78, 5) is 44.6. The van der Waals surface area contributed by atoms with Gasteiger partial charge >= 0.3 is 0 Å². The number of benzene rings is 3. The molecule has 43 heavy (non-hydrogen) atoms. The fraction of sp³-hybridized carbons (Fsp3) is 0.303. The predicted octanol–water partition coefficient (Wildman–Crippen LogP) is 4.91. The molecule has 0 radical (unpaired) electrons. The minimum absolute atomic E-state index is 0.0153. The summed E-state index contributed by atoms with van der Waals surface area (Å²) in [7, 11) is 0. The normalized spacial score (nSPS) is 19.3. The van der Waals surface area contributed by atoms with Gasteiger partial charge in [-0.1, -0.05) is 51.5 Å². The zero-order chi connectivity index (χ0) is 29.7. The fourth-order valence-corrected chi connectivity index (χ4v) is 6.87. The van der Waals surface area contributed by atoms with Gasteiger partial charge in [-0.15, -0.1) is 5.10 Å². The summed E-state index contributed by atoms with van der Waals surface area (Å²) in [5, 5.41) is 8.50. The van der Waals surface area contributed by atoms with E-state index in [1.165, 1.54) is 0 Å². The Hall–Kier alpha value is -4.31. The van der Waals surface area contributed by atoms with Gasteiger partial charge in [0.2, 0.25) is 5.91 Å². The Kier molecular flexibility index (Phi) is 7.09. The maximum Gasteiger partial charge on any atom is 0.276 e. The van der Waals surface area contributed by atoms with Crippen LogP contribution in [0.25, 0.3) is 5.69 Å². The van der Waals surface area contributed by atoms with Crippen molar-refractivity contribution in [2.45, 2.75) is 51.3 Å². The third-order valence-corrected chi connectivity index (χ3v) is 9.29. The molecule has 3 aromatic carbocycles. The molecule has 0 spiro atoms. The van der Waals surface area contributed by atoms with Gasteiger partial charge in [-0.3, -0.25) is 14.4 Å². The molecule has 2 atom stereocenters. The van der Waals surface area contributed by atoms with Crippen molar-refractivity contribution in [2.24, 2.45) is 0 Å². The number of halogens is 1. The van der Waals surface area contributed by atoms with E-state index in [0.717, 1.165) is 40.5 Å². The molecular weight excluding hydrogens is 610 g/mol. The monoisotopic (exact) mass is 639 g/mol. The number of nitrogens with zero attached hydrogens (tertiary/aromatic N) is 5. The van der Waals surface area contributed by atoms with Gasteiger partial charge in [-0.2, -0.15) is 0 Å². The van der Waals surface area contributed by atoms with Gasteiger partial charge in [0, 0.05) is 40.8 Å². The van der Waals surface area contributed by atoms with Crippen LogP contribution >= 0.6 is 15.9 Å². The molecule has 9 nitrogen and oxygen atoms in total. The Bertz CT molecular complexity index is 1740. The van der Waals surface area contributed by atoms with Gasteiger partial charge in [-0.05, 0) is 68.1 Å². The highest BCUT2D eigenvalue weighted by atomic mass is 79.9. The molecule has 3 aliphatic heterocycles.